The van der Waals surface area contributed by atoms with E-state index in [4.69, 9.17) is 0 Å². The van der Waals surface area contributed by atoms with Crippen LogP contribution in [0.3, 0.4) is 0 Å². The first-order chi connectivity index (χ1) is 19.3. The van der Waals surface area contributed by atoms with Gasteiger partial charge < -0.3 is 15.5 Å². The number of para-hydroxylation sites is 1. The molecular weight excluding hydrogens is 523 g/mol. The van der Waals surface area contributed by atoms with Crippen molar-refractivity contribution in [2.24, 2.45) is 0 Å². The second-order valence-corrected chi connectivity index (χ2v) is 9.37. The first kappa shape index (κ1) is 27.2. The van der Waals surface area contributed by atoms with Crippen molar-refractivity contribution in [1.29, 1.82) is 0 Å². The van der Waals surface area contributed by atoms with Gasteiger partial charge in [-0.25, -0.2) is 19.9 Å². The minimum atomic E-state index is -4.20. The van der Waals surface area contributed by atoms with Crippen LogP contribution in [0.15, 0.2) is 55.2 Å². The van der Waals surface area contributed by atoms with E-state index < -0.39 is 12.7 Å². The largest absolute Gasteiger partial charge is 0.401 e. The number of hydrogen-bond acceptors (Lipinski definition) is 9. The average Bonchev–Trinajstić information content (AvgIpc) is 2.96. The van der Waals surface area contributed by atoms with E-state index in [-0.39, 0.29) is 5.91 Å². The van der Waals surface area contributed by atoms with E-state index in [9.17, 15) is 18.0 Å². The molecule has 1 amide bonds. The Bertz CT molecular complexity index is 1470. The third kappa shape index (κ3) is 6.42. The molecule has 1 aromatic carbocycles. The predicted octanol–water partition coefficient (Wildman–Crippen LogP) is 3.18. The number of carbonyl (C=O) groups excluding carboxylic acids is 1. The van der Waals surface area contributed by atoms with E-state index in [1.165, 1.54) is 11.2 Å². The number of nitrogens with one attached hydrogen (secondary N) is 2. The van der Waals surface area contributed by atoms with Gasteiger partial charge in [-0.1, -0.05) is 18.2 Å². The first-order valence-corrected chi connectivity index (χ1v) is 12.8. The molecule has 2 N–H and O–H groups in total. The highest BCUT2D eigenvalue weighted by Gasteiger charge is 2.32. The van der Waals surface area contributed by atoms with Crippen molar-refractivity contribution in [3.8, 4) is 11.3 Å². The second-order valence-electron chi connectivity index (χ2n) is 9.37. The molecule has 1 aliphatic rings. The second kappa shape index (κ2) is 11.8. The first-order valence-electron chi connectivity index (χ1n) is 12.8. The van der Waals surface area contributed by atoms with Crippen LogP contribution in [0.4, 0.5) is 24.9 Å². The van der Waals surface area contributed by atoms with Gasteiger partial charge in [0.15, 0.2) is 0 Å². The molecule has 0 aliphatic carbocycles. The zero-order chi connectivity index (χ0) is 28.1. The summed E-state index contributed by atoms with van der Waals surface area (Å²) in [6.45, 7) is 1.14. The summed E-state index contributed by atoms with van der Waals surface area (Å²) in [6.07, 6.45) is 2.87. The minimum Gasteiger partial charge on any atom is -0.370 e. The fourth-order valence-corrected chi connectivity index (χ4v) is 4.69. The number of benzene rings is 1. The van der Waals surface area contributed by atoms with Gasteiger partial charge in [-0.3, -0.25) is 14.7 Å². The SMILES string of the molecule is CNC(=O)c1ccnc2c(CCNc3cc(-c4cnc(N5CCN(CC(F)(F)F)CC5)nc4)ncn3)cccc12. The average molecular weight is 552 g/mol. The van der Waals surface area contributed by atoms with Gasteiger partial charge in [0, 0.05) is 75.4 Å². The maximum absolute atomic E-state index is 12.6. The third-order valence-electron chi connectivity index (χ3n) is 6.69. The third-order valence-corrected chi connectivity index (χ3v) is 6.69. The van der Waals surface area contributed by atoms with Crippen molar-refractivity contribution in [3.63, 3.8) is 0 Å². The van der Waals surface area contributed by atoms with E-state index in [0.717, 1.165) is 16.5 Å². The van der Waals surface area contributed by atoms with Crippen LogP contribution in [0, 0.1) is 0 Å². The fraction of sp³-hybridized carbons (Fsp3) is 0.333. The van der Waals surface area contributed by atoms with Crippen molar-refractivity contribution in [3.05, 3.63) is 66.4 Å². The molecule has 10 nitrogen and oxygen atoms in total. The van der Waals surface area contributed by atoms with Gasteiger partial charge in [0.25, 0.3) is 5.91 Å². The van der Waals surface area contributed by atoms with E-state index >= 15 is 0 Å². The zero-order valence-electron chi connectivity index (χ0n) is 21.8. The number of hydrogen-bond donors (Lipinski definition) is 2. The van der Waals surface area contributed by atoms with Crippen molar-refractivity contribution in [2.45, 2.75) is 12.6 Å². The number of amides is 1. The van der Waals surface area contributed by atoms with Crippen molar-refractivity contribution in [2.75, 3.05) is 56.5 Å². The normalized spacial score (nSPS) is 14.3. The van der Waals surface area contributed by atoms with Crippen LogP contribution in [-0.4, -0.2) is 88.2 Å². The van der Waals surface area contributed by atoms with Crippen LogP contribution in [0.2, 0.25) is 0 Å². The molecule has 0 unspecified atom stereocenters. The number of piperazine rings is 1. The lowest BCUT2D eigenvalue weighted by Gasteiger charge is -2.34. The Morgan fingerprint density at radius 1 is 1.00 bits per heavy atom. The number of carbonyl (C=O) groups is 1. The highest BCUT2D eigenvalue weighted by molar-refractivity contribution is 6.06. The molecule has 208 valence electrons. The molecule has 0 saturated carbocycles. The number of rotatable bonds is 8. The number of aromatic nitrogens is 5. The molecule has 0 spiro atoms. The molecular formula is C27H28F3N9O. The summed E-state index contributed by atoms with van der Waals surface area (Å²) in [4.78, 5) is 37.5. The summed E-state index contributed by atoms with van der Waals surface area (Å²) < 4.78 is 37.9. The molecule has 4 heterocycles. The molecule has 1 saturated heterocycles. The van der Waals surface area contributed by atoms with Gasteiger partial charge in [0.1, 0.15) is 12.1 Å². The van der Waals surface area contributed by atoms with Crippen molar-refractivity contribution >= 4 is 28.6 Å². The molecule has 40 heavy (non-hydrogen) atoms. The maximum Gasteiger partial charge on any atom is 0.401 e. The Balaban J connectivity index is 1.20. The Morgan fingerprint density at radius 3 is 2.50 bits per heavy atom. The summed E-state index contributed by atoms with van der Waals surface area (Å²) in [5, 5.41) is 6.77. The molecule has 5 rings (SSSR count). The topological polar surface area (TPSA) is 112 Å². The Hall–Kier alpha value is -4.39. The molecule has 0 radical (unpaired) electrons. The van der Waals surface area contributed by atoms with Gasteiger partial charge in [0.2, 0.25) is 5.95 Å². The highest BCUT2D eigenvalue weighted by Crippen LogP contribution is 2.23. The predicted molar refractivity (Wildman–Crippen MR) is 145 cm³/mol. The van der Waals surface area contributed by atoms with Gasteiger partial charge in [-0.2, -0.15) is 13.2 Å². The van der Waals surface area contributed by atoms with Crippen molar-refractivity contribution < 1.29 is 18.0 Å². The lowest BCUT2D eigenvalue weighted by molar-refractivity contribution is -0.146. The molecule has 1 aliphatic heterocycles. The van der Waals surface area contributed by atoms with E-state index in [2.05, 4.69) is 35.6 Å². The van der Waals surface area contributed by atoms with E-state index in [1.807, 2.05) is 23.1 Å². The number of anilines is 2. The summed E-state index contributed by atoms with van der Waals surface area (Å²) in [6, 6.07) is 9.31. The molecule has 13 heteroatoms. The fourth-order valence-electron chi connectivity index (χ4n) is 4.69. The number of alkyl halides is 3. The van der Waals surface area contributed by atoms with Crippen LogP contribution in [0.25, 0.3) is 22.2 Å². The quantitative estimate of drug-likeness (QED) is 0.341. The molecule has 3 aromatic heterocycles. The molecule has 0 atom stereocenters. The lowest BCUT2D eigenvalue weighted by atomic mass is 10.0. The van der Waals surface area contributed by atoms with Gasteiger partial charge in [-0.05, 0) is 18.1 Å². The Labute approximate surface area is 228 Å². The van der Waals surface area contributed by atoms with Crippen LogP contribution in [0.1, 0.15) is 15.9 Å². The summed E-state index contributed by atoms with van der Waals surface area (Å²) in [7, 11) is 1.60. The molecule has 4 aromatic rings. The number of fused-ring (bicyclic) bond motifs is 1. The van der Waals surface area contributed by atoms with E-state index in [1.54, 1.807) is 37.8 Å². The monoisotopic (exact) mass is 551 g/mol. The Morgan fingerprint density at radius 2 is 1.77 bits per heavy atom. The van der Waals surface area contributed by atoms with Crippen molar-refractivity contribution in [1.82, 2.24) is 35.1 Å². The smallest absolute Gasteiger partial charge is 0.370 e. The van der Waals surface area contributed by atoms with Gasteiger partial charge in [0.05, 0.1) is 23.3 Å². The summed E-state index contributed by atoms with van der Waals surface area (Å²) in [5.41, 5.74) is 3.71. The molecule has 0 bridgehead atoms. The summed E-state index contributed by atoms with van der Waals surface area (Å²) in [5.74, 6) is 0.955. The Kier molecular flexibility index (Phi) is 8.01. The zero-order valence-corrected chi connectivity index (χ0v) is 21.8. The van der Waals surface area contributed by atoms with E-state index in [0.29, 0.717) is 67.7 Å². The standard InChI is InChI=1S/C27H28F3N9O/c1-31-25(40)21-6-8-33-24-18(3-2-4-20(21)24)5-7-32-23-13-22(36-17-37-23)19-14-34-26(35-15-19)39-11-9-38(10-12-39)16-27(28,29)30/h2-4,6,8,13-15,17H,5,7,9-12,16H2,1H3,(H,31,40)(H,32,36,37). The summed E-state index contributed by atoms with van der Waals surface area (Å²) >= 11 is 0. The highest BCUT2D eigenvalue weighted by atomic mass is 19.4. The number of pyridine rings is 1. The van der Waals surface area contributed by atoms with Crippen LogP contribution in [0.5, 0.6) is 0 Å². The van der Waals surface area contributed by atoms with Gasteiger partial charge >= 0.3 is 6.18 Å². The lowest BCUT2D eigenvalue weighted by Crippen LogP contribution is -2.49. The maximum atomic E-state index is 12.6. The number of nitrogens with zero attached hydrogens (tertiary/aromatic N) is 7. The minimum absolute atomic E-state index is 0.156. The van der Waals surface area contributed by atoms with Gasteiger partial charge in [-0.15, -0.1) is 0 Å². The number of halogens is 3. The molecule has 1 fully saturated rings. The van der Waals surface area contributed by atoms with Crippen LogP contribution >= 0.6 is 0 Å². The van der Waals surface area contributed by atoms with Crippen LogP contribution < -0.4 is 15.5 Å². The van der Waals surface area contributed by atoms with Crippen LogP contribution in [-0.2, 0) is 6.42 Å².